The summed E-state index contributed by atoms with van der Waals surface area (Å²) in [5, 5.41) is 0.0385. The van der Waals surface area contributed by atoms with E-state index < -0.39 is 15.2 Å². The molecule has 114 valence electrons. The molecule has 0 saturated carbocycles. The van der Waals surface area contributed by atoms with Gasteiger partial charge in [0.1, 0.15) is 15.7 Å². The molecule has 7 heteroatoms. The van der Waals surface area contributed by atoms with E-state index in [1.54, 1.807) is 24.3 Å². The van der Waals surface area contributed by atoms with Gasteiger partial charge in [-0.05, 0) is 18.6 Å². The van der Waals surface area contributed by atoms with Gasteiger partial charge in [-0.1, -0.05) is 19.1 Å². The normalized spacial score (nSPS) is 13.5. The summed E-state index contributed by atoms with van der Waals surface area (Å²) >= 11 is 6.25. The molecule has 1 aromatic heterocycles. The van der Waals surface area contributed by atoms with Crippen LogP contribution in [0.4, 0.5) is 0 Å². The van der Waals surface area contributed by atoms with Crippen molar-refractivity contribution in [1.82, 2.24) is 9.55 Å². The smallest absolute Gasteiger partial charge is 0.261 e. The summed E-state index contributed by atoms with van der Waals surface area (Å²) in [7, 11) is -3.17. The second-order valence-corrected chi connectivity index (χ2v) is 7.74. The van der Waals surface area contributed by atoms with Crippen LogP contribution in [0.2, 0.25) is 0 Å². The van der Waals surface area contributed by atoms with Crippen LogP contribution in [0.15, 0.2) is 29.1 Å². The van der Waals surface area contributed by atoms with Crippen LogP contribution in [0.25, 0.3) is 10.9 Å². The van der Waals surface area contributed by atoms with Crippen LogP contribution in [0.5, 0.6) is 0 Å². The van der Waals surface area contributed by atoms with E-state index in [0.717, 1.165) is 6.26 Å². The summed E-state index contributed by atoms with van der Waals surface area (Å²) in [6.45, 7) is 1.95. The monoisotopic (exact) mass is 328 g/mol. The highest BCUT2D eigenvalue weighted by molar-refractivity contribution is 7.90. The molecule has 1 unspecified atom stereocenters. The summed E-state index contributed by atoms with van der Waals surface area (Å²) < 4.78 is 24.1. The number of rotatable bonds is 5. The van der Waals surface area contributed by atoms with Crippen molar-refractivity contribution in [2.45, 2.75) is 25.3 Å². The number of sulfone groups is 1. The molecule has 0 aliphatic carbocycles. The van der Waals surface area contributed by atoms with Crippen LogP contribution in [0, 0.1) is 0 Å². The number of aromatic nitrogens is 2. The summed E-state index contributed by atoms with van der Waals surface area (Å²) in [6.07, 6.45) is 1.75. The zero-order valence-corrected chi connectivity index (χ0v) is 13.5. The van der Waals surface area contributed by atoms with Gasteiger partial charge in [-0.2, -0.15) is 0 Å². The Morgan fingerprint density at radius 1 is 1.33 bits per heavy atom. The lowest BCUT2D eigenvalue weighted by Crippen LogP contribution is -2.28. The minimum atomic E-state index is -3.17. The fraction of sp³-hybridized carbons (Fsp3) is 0.429. The molecule has 2 rings (SSSR count). The predicted octanol–water partition coefficient (Wildman–Crippen LogP) is 2.13. The molecule has 1 aromatic carbocycles. The van der Waals surface area contributed by atoms with Gasteiger partial charge in [-0.25, -0.2) is 13.4 Å². The third-order valence-corrected chi connectivity index (χ3v) is 4.64. The molecule has 0 saturated heterocycles. The first-order valence-electron chi connectivity index (χ1n) is 6.64. The molecule has 0 amide bonds. The summed E-state index contributed by atoms with van der Waals surface area (Å²) in [5.41, 5.74) is 0.325. The molecule has 1 atom stereocenters. The Morgan fingerprint density at radius 2 is 2.00 bits per heavy atom. The molecule has 0 N–H and O–H groups in total. The highest BCUT2D eigenvalue weighted by Gasteiger charge is 2.17. The average Bonchev–Trinajstić information content (AvgIpc) is 2.44. The number of alkyl halides is 1. The lowest BCUT2D eigenvalue weighted by molar-refractivity contribution is 0.584. The van der Waals surface area contributed by atoms with Crippen LogP contribution < -0.4 is 5.56 Å². The van der Waals surface area contributed by atoms with Crippen molar-refractivity contribution >= 4 is 32.3 Å². The number of halogens is 1. The van der Waals surface area contributed by atoms with E-state index in [4.69, 9.17) is 11.6 Å². The lowest BCUT2D eigenvalue weighted by atomic mass is 10.2. The van der Waals surface area contributed by atoms with Crippen LogP contribution in [0.3, 0.4) is 0 Å². The molecular weight excluding hydrogens is 312 g/mol. The standard InChI is InChI=1S/C14H17ClN2O3S/c1-3-11(15)13-16-12-7-5-4-6-10(12)14(18)17(13)8-9-21(2,19)20/h4-7,11H,3,8-9H2,1-2H3. The van der Waals surface area contributed by atoms with Crippen molar-refractivity contribution in [2.24, 2.45) is 0 Å². The Labute approximate surface area is 128 Å². The highest BCUT2D eigenvalue weighted by atomic mass is 35.5. The highest BCUT2D eigenvalue weighted by Crippen LogP contribution is 2.22. The third kappa shape index (κ3) is 3.63. The van der Waals surface area contributed by atoms with Crippen molar-refractivity contribution in [1.29, 1.82) is 0 Å². The van der Waals surface area contributed by atoms with Crippen LogP contribution >= 0.6 is 11.6 Å². The molecule has 0 fully saturated rings. The molecule has 0 aliphatic rings. The van der Waals surface area contributed by atoms with Gasteiger partial charge in [0.25, 0.3) is 5.56 Å². The van der Waals surface area contributed by atoms with Gasteiger partial charge >= 0.3 is 0 Å². The van der Waals surface area contributed by atoms with E-state index >= 15 is 0 Å². The SMILES string of the molecule is CCC(Cl)c1nc2ccccc2c(=O)n1CCS(C)(=O)=O. The predicted molar refractivity (Wildman–Crippen MR) is 84.6 cm³/mol. The van der Waals surface area contributed by atoms with Crippen LogP contribution in [-0.2, 0) is 16.4 Å². The summed E-state index contributed by atoms with van der Waals surface area (Å²) in [4.78, 5) is 17.0. The molecule has 0 aliphatic heterocycles. The van der Waals surface area contributed by atoms with Gasteiger partial charge < -0.3 is 0 Å². The van der Waals surface area contributed by atoms with Gasteiger partial charge in [0.2, 0.25) is 0 Å². The van der Waals surface area contributed by atoms with Gasteiger partial charge in [-0.3, -0.25) is 9.36 Å². The van der Waals surface area contributed by atoms with Crippen molar-refractivity contribution in [3.8, 4) is 0 Å². The maximum absolute atomic E-state index is 12.6. The fourth-order valence-corrected chi connectivity index (χ4v) is 2.76. The molecule has 0 bridgehead atoms. The maximum Gasteiger partial charge on any atom is 0.261 e. The first kappa shape index (κ1) is 16.0. The second kappa shape index (κ2) is 6.15. The largest absolute Gasteiger partial charge is 0.294 e. The number of fused-ring (bicyclic) bond motifs is 1. The molecule has 21 heavy (non-hydrogen) atoms. The molecule has 1 heterocycles. The number of benzene rings is 1. The molecule has 5 nitrogen and oxygen atoms in total. The molecule has 2 aromatic rings. The van der Waals surface area contributed by atoms with E-state index in [1.807, 2.05) is 6.92 Å². The molecule has 0 spiro atoms. The number of nitrogens with zero attached hydrogens (tertiary/aromatic N) is 2. The third-order valence-electron chi connectivity index (χ3n) is 3.22. The second-order valence-electron chi connectivity index (χ2n) is 4.95. The number of para-hydroxylation sites is 1. The topological polar surface area (TPSA) is 69.0 Å². The maximum atomic E-state index is 12.6. The quantitative estimate of drug-likeness (QED) is 0.788. The Morgan fingerprint density at radius 3 is 2.62 bits per heavy atom. The lowest BCUT2D eigenvalue weighted by Gasteiger charge is -2.15. The van der Waals surface area contributed by atoms with E-state index in [0.29, 0.717) is 23.1 Å². The Balaban J connectivity index is 2.64. The van der Waals surface area contributed by atoms with Gasteiger partial charge in [-0.15, -0.1) is 11.6 Å². The van der Waals surface area contributed by atoms with Gasteiger partial charge in [0.15, 0.2) is 0 Å². The van der Waals surface area contributed by atoms with Crippen molar-refractivity contribution < 1.29 is 8.42 Å². The van der Waals surface area contributed by atoms with Crippen LogP contribution in [0.1, 0.15) is 24.5 Å². The zero-order valence-electron chi connectivity index (χ0n) is 11.9. The summed E-state index contributed by atoms with van der Waals surface area (Å²) in [6, 6.07) is 6.99. The Kier molecular flexibility index (Phi) is 4.68. The first-order valence-corrected chi connectivity index (χ1v) is 9.14. The number of hydrogen-bond acceptors (Lipinski definition) is 4. The molecule has 0 radical (unpaired) electrons. The molecular formula is C14H17ClN2O3S. The average molecular weight is 329 g/mol. The van der Waals surface area contributed by atoms with Gasteiger partial charge in [0, 0.05) is 12.8 Å². The Hall–Kier alpha value is -1.40. The first-order chi connectivity index (χ1) is 9.83. The van der Waals surface area contributed by atoms with E-state index in [9.17, 15) is 13.2 Å². The minimum absolute atomic E-state index is 0.0635. The van der Waals surface area contributed by atoms with Gasteiger partial charge in [0.05, 0.1) is 22.0 Å². The van der Waals surface area contributed by atoms with Crippen LogP contribution in [-0.4, -0.2) is 30.0 Å². The van der Waals surface area contributed by atoms with E-state index in [2.05, 4.69) is 4.98 Å². The number of hydrogen-bond donors (Lipinski definition) is 0. The fourth-order valence-electron chi connectivity index (χ4n) is 2.08. The van der Waals surface area contributed by atoms with E-state index in [1.165, 1.54) is 4.57 Å². The minimum Gasteiger partial charge on any atom is -0.294 e. The van der Waals surface area contributed by atoms with E-state index in [-0.39, 0.29) is 17.9 Å². The van der Waals surface area contributed by atoms with Crippen molar-refractivity contribution in [2.75, 3.05) is 12.0 Å². The summed E-state index contributed by atoms with van der Waals surface area (Å²) in [5.74, 6) is 0.305. The van der Waals surface area contributed by atoms with Crippen molar-refractivity contribution in [3.63, 3.8) is 0 Å². The Bertz CT molecular complexity index is 815. The zero-order chi connectivity index (χ0) is 15.6. The van der Waals surface area contributed by atoms with Crippen molar-refractivity contribution in [3.05, 3.63) is 40.4 Å².